The standard InChI is InChI=1S/C14H15N5OS/c1-3-10-17-14(19-18-10)21-7-11-15-12-8(2)5-4-6-9(12)13(20)16-11/h4-6H,3,7H2,1-2H3,(H,15,16,20)(H,17,18,19). The molecule has 21 heavy (non-hydrogen) atoms. The summed E-state index contributed by atoms with van der Waals surface area (Å²) in [6.45, 7) is 3.97. The zero-order chi connectivity index (χ0) is 14.8. The smallest absolute Gasteiger partial charge is 0.258 e. The van der Waals surface area contributed by atoms with E-state index in [9.17, 15) is 4.79 Å². The molecule has 2 aromatic heterocycles. The summed E-state index contributed by atoms with van der Waals surface area (Å²) in [6.07, 6.45) is 0.817. The van der Waals surface area contributed by atoms with Gasteiger partial charge in [0.2, 0.25) is 5.16 Å². The van der Waals surface area contributed by atoms with Gasteiger partial charge in [-0.05, 0) is 18.6 Å². The molecule has 0 aliphatic carbocycles. The van der Waals surface area contributed by atoms with E-state index >= 15 is 0 Å². The Morgan fingerprint density at radius 3 is 2.86 bits per heavy atom. The van der Waals surface area contributed by atoms with Crippen LogP contribution in [0.3, 0.4) is 0 Å². The van der Waals surface area contributed by atoms with Crippen molar-refractivity contribution in [3.63, 3.8) is 0 Å². The molecule has 108 valence electrons. The van der Waals surface area contributed by atoms with Crippen LogP contribution in [0.25, 0.3) is 10.9 Å². The van der Waals surface area contributed by atoms with Crippen molar-refractivity contribution in [2.45, 2.75) is 31.2 Å². The fraction of sp³-hybridized carbons (Fsp3) is 0.286. The van der Waals surface area contributed by atoms with E-state index in [1.807, 2.05) is 26.0 Å². The number of fused-ring (bicyclic) bond motifs is 1. The van der Waals surface area contributed by atoms with Crippen LogP contribution in [0.2, 0.25) is 0 Å². The molecule has 0 aliphatic heterocycles. The largest absolute Gasteiger partial charge is 0.309 e. The van der Waals surface area contributed by atoms with Crippen molar-refractivity contribution in [3.05, 3.63) is 45.8 Å². The molecule has 0 radical (unpaired) electrons. The van der Waals surface area contributed by atoms with Gasteiger partial charge in [0, 0.05) is 6.42 Å². The van der Waals surface area contributed by atoms with Crippen molar-refractivity contribution in [3.8, 4) is 0 Å². The molecule has 0 saturated carbocycles. The fourth-order valence-electron chi connectivity index (χ4n) is 2.05. The van der Waals surface area contributed by atoms with E-state index in [0.29, 0.717) is 22.1 Å². The molecule has 0 saturated heterocycles. The van der Waals surface area contributed by atoms with Crippen molar-refractivity contribution >= 4 is 22.7 Å². The number of nitrogens with one attached hydrogen (secondary N) is 2. The highest BCUT2D eigenvalue weighted by molar-refractivity contribution is 7.98. The third-order valence-corrected chi connectivity index (χ3v) is 4.03. The van der Waals surface area contributed by atoms with Gasteiger partial charge in [0.05, 0.1) is 16.7 Å². The molecular formula is C14H15N5OS. The van der Waals surface area contributed by atoms with Crippen molar-refractivity contribution in [1.29, 1.82) is 0 Å². The monoisotopic (exact) mass is 301 g/mol. The highest BCUT2D eigenvalue weighted by Crippen LogP contribution is 2.18. The summed E-state index contributed by atoms with van der Waals surface area (Å²) in [5.74, 6) is 2.02. The van der Waals surface area contributed by atoms with E-state index in [4.69, 9.17) is 0 Å². The summed E-state index contributed by atoms with van der Waals surface area (Å²) >= 11 is 1.45. The van der Waals surface area contributed by atoms with Crippen LogP contribution >= 0.6 is 11.8 Å². The van der Waals surface area contributed by atoms with Gasteiger partial charge < -0.3 is 4.98 Å². The van der Waals surface area contributed by atoms with Gasteiger partial charge in [0.1, 0.15) is 11.6 Å². The van der Waals surface area contributed by atoms with Gasteiger partial charge in [-0.3, -0.25) is 9.89 Å². The van der Waals surface area contributed by atoms with Crippen molar-refractivity contribution in [1.82, 2.24) is 25.1 Å². The maximum absolute atomic E-state index is 12.1. The van der Waals surface area contributed by atoms with E-state index in [0.717, 1.165) is 23.3 Å². The van der Waals surface area contributed by atoms with Crippen molar-refractivity contribution in [2.75, 3.05) is 0 Å². The second-order valence-electron chi connectivity index (χ2n) is 4.69. The molecule has 6 nitrogen and oxygen atoms in total. The minimum absolute atomic E-state index is 0.108. The van der Waals surface area contributed by atoms with Crippen LogP contribution in [0.4, 0.5) is 0 Å². The quantitative estimate of drug-likeness (QED) is 0.721. The third kappa shape index (κ3) is 2.82. The Balaban J connectivity index is 1.87. The van der Waals surface area contributed by atoms with Crippen LogP contribution in [0, 0.1) is 6.92 Å². The van der Waals surface area contributed by atoms with E-state index < -0.39 is 0 Å². The summed E-state index contributed by atoms with van der Waals surface area (Å²) in [5, 5.41) is 8.27. The lowest BCUT2D eigenvalue weighted by Gasteiger charge is -2.03. The molecule has 2 N–H and O–H groups in total. The Bertz CT molecular complexity index is 839. The summed E-state index contributed by atoms with van der Waals surface area (Å²) in [5.41, 5.74) is 1.64. The Morgan fingerprint density at radius 1 is 1.24 bits per heavy atom. The molecule has 3 aromatic rings. The second-order valence-corrected chi connectivity index (χ2v) is 5.63. The molecule has 2 heterocycles. The van der Waals surface area contributed by atoms with Crippen LogP contribution in [-0.4, -0.2) is 25.1 Å². The maximum atomic E-state index is 12.1. The lowest BCUT2D eigenvalue weighted by Crippen LogP contribution is -2.11. The van der Waals surface area contributed by atoms with Gasteiger partial charge >= 0.3 is 0 Å². The molecular weight excluding hydrogens is 286 g/mol. The predicted molar refractivity (Wildman–Crippen MR) is 82.4 cm³/mol. The highest BCUT2D eigenvalue weighted by atomic mass is 32.2. The zero-order valence-electron chi connectivity index (χ0n) is 11.8. The third-order valence-electron chi connectivity index (χ3n) is 3.17. The zero-order valence-corrected chi connectivity index (χ0v) is 12.6. The molecule has 0 spiro atoms. The Kier molecular flexibility index (Phi) is 3.74. The predicted octanol–water partition coefficient (Wildman–Crippen LogP) is 2.20. The lowest BCUT2D eigenvalue weighted by atomic mass is 10.1. The van der Waals surface area contributed by atoms with Crippen LogP contribution < -0.4 is 5.56 Å². The number of hydrogen-bond donors (Lipinski definition) is 2. The van der Waals surface area contributed by atoms with E-state index in [1.165, 1.54) is 11.8 Å². The topological polar surface area (TPSA) is 87.3 Å². The van der Waals surface area contributed by atoms with Gasteiger partial charge in [0.25, 0.3) is 5.56 Å². The number of nitrogens with zero attached hydrogens (tertiary/aromatic N) is 3. The second kappa shape index (κ2) is 5.69. The average molecular weight is 301 g/mol. The molecule has 3 rings (SSSR count). The SMILES string of the molecule is CCc1nc(SCc2nc3c(C)cccc3c(=O)[nH]2)n[nH]1. The van der Waals surface area contributed by atoms with E-state index in [2.05, 4.69) is 25.1 Å². The van der Waals surface area contributed by atoms with Gasteiger partial charge in [-0.25, -0.2) is 9.97 Å². The molecule has 0 bridgehead atoms. The van der Waals surface area contributed by atoms with E-state index in [1.54, 1.807) is 6.07 Å². The first-order valence-corrected chi connectivity index (χ1v) is 7.68. The van der Waals surface area contributed by atoms with Crippen molar-refractivity contribution in [2.24, 2.45) is 0 Å². The van der Waals surface area contributed by atoms with Gasteiger partial charge in [-0.15, -0.1) is 5.10 Å². The molecule has 0 atom stereocenters. The normalized spacial score (nSPS) is 11.1. The lowest BCUT2D eigenvalue weighted by molar-refractivity contribution is 0.940. The first-order valence-electron chi connectivity index (χ1n) is 6.70. The van der Waals surface area contributed by atoms with Crippen LogP contribution in [0.15, 0.2) is 28.2 Å². The molecule has 0 aliphatic rings. The number of para-hydroxylation sites is 1. The van der Waals surface area contributed by atoms with Gasteiger partial charge in [0.15, 0.2) is 0 Å². The number of aryl methyl sites for hydroxylation is 2. The van der Waals surface area contributed by atoms with Crippen molar-refractivity contribution < 1.29 is 0 Å². The maximum Gasteiger partial charge on any atom is 0.258 e. The highest BCUT2D eigenvalue weighted by Gasteiger charge is 2.08. The summed E-state index contributed by atoms with van der Waals surface area (Å²) in [7, 11) is 0. The molecule has 7 heteroatoms. The number of hydrogen-bond acceptors (Lipinski definition) is 5. The minimum atomic E-state index is -0.108. The van der Waals surface area contributed by atoms with Crippen LogP contribution in [-0.2, 0) is 12.2 Å². The molecule has 0 amide bonds. The molecule has 1 aromatic carbocycles. The fourth-order valence-corrected chi connectivity index (χ4v) is 2.74. The van der Waals surface area contributed by atoms with Crippen LogP contribution in [0.5, 0.6) is 0 Å². The van der Waals surface area contributed by atoms with E-state index in [-0.39, 0.29) is 5.56 Å². The molecule has 0 unspecified atom stereocenters. The summed E-state index contributed by atoms with van der Waals surface area (Å²) in [4.78, 5) is 23.7. The number of H-pyrrole nitrogens is 2. The van der Waals surface area contributed by atoms with Crippen LogP contribution in [0.1, 0.15) is 24.1 Å². The number of rotatable bonds is 4. The Morgan fingerprint density at radius 2 is 2.10 bits per heavy atom. The Labute approximate surface area is 125 Å². The summed E-state index contributed by atoms with van der Waals surface area (Å²) < 4.78 is 0. The minimum Gasteiger partial charge on any atom is -0.309 e. The number of aromatic amines is 2. The average Bonchev–Trinajstić information content (AvgIpc) is 2.94. The number of thioether (sulfide) groups is 1. The number of aromatic nitrogens is 5. The Hall–Kier alpha value is -2.15. The van der Waals surface area contributed by atoms with Gasteiger partial charge in [-0.2, -0.15) is 0 Å². The first kappa shape index (κ1) is 13.8. The summed E-state index contributed by atoms with van der Waals surface area (Å²) in [6, 6.07) is 5.60. The number of benzene rings is 1. The van der Waals surface area contributed by atoms with Gasteiger partial charge in [-0.1, -0.05) is 30.8 Å². The first-order chi connectivity index (χ1) is 10.2. The molecule has 0 fully saturated rings.